The van der Waals surface area contributed by atoms with E-state index in [4.69, 9.17) is 4.74 Å². The quantitative estimate of drug-likeness (QED) is 0.601. The maximum Gasteiger partial charge on any atom is 0.251 e. The number of rotatable bonds is 7. The summed E-state index contributed by atoms with van der Waals surface area (Å²) < 4.78 is 5.36. The van der Waals surface area contributed by atoms with Crippen LogP contribution >= 0.6 is 11.8 Å². The Hall–Kier alpha value is -2.35. The Bertz CT molecular complexity index is 904. The molecule has 1 aliphatic rings. The van der Waals surface area contributed by atoms with Crippen LogP contribution in [-0.4, -0.2) is 60.2 Å². The molecule has 0 saturated carbocycles. The standard InChI is InChI=1S/C21H24N4O2S/c26-20(22-9-10-25-11-13-27-14-12-25)17-6-2-1-5-16(17)15-28-21-23-18-7-3-4-8-19(18)24-21/h1-8H,9-15H2,(H,22,26)(H,23,24). The molecule has 1 saturated heterocycles. The number of carbonyl (C=O) groups is 1. The first-order chi connectivity index (χ1) is 13.8. The summed E-state index contributed by atoms with van der Waals surface area (Å²) in [7, 11) is 0. The van der Waals surface area contributed by atoms with E-state index in [0.29, 0.717) is 12.3 Å². The number of carbonyl (C=O) groups excluding carboxylic acids is 1. The zero-order valence-electron chi connectivity index (χ0n) is 15.7. The Kier molecular flexibility index (Phi) is 6.26. The van der Waals surface area contributed by atoms with Gasteiger partial charge in [0.1, 0.15) is 0 Å². The van der Waals surface area contributed by atoms with Crippen molar-refractivity contribution in [2.24, 2.45) is 0 Å². The van der Waals surface area contributed by atoms with Gasteiger partial charge in [-0.25, -0.2) is 4.98 Å². The summed E-state index contributed by atoms with van der Waals surface area (Å²) in [5.41, 5.74) is 3.73. The molecule has 1 fully saturated rings. The highest BCUT2D eigenvalue weighted by molar-refractivity contribution is 7.98. The lowest BCUT2D eigenvalue weighted by Gasteiger charge is -2.26. The van der Waals surface area contributed by atoms with Crippen molar-refractivity contribution >= 4 is 28.7 Å². The van der Waals surface area contributed by atoms with Crippen LogP contribution < -0.4 is 5.32 Å². The molecule has 146 valence electrons. The number of aromatic amines is 1. The lowest BCUT2D eigenvalue weighted by molar-refractivity contribution is 0.0383. The average Bonchev–Trinajstić information content (AvgIpc) is 3.16. The van der Waals surface area contributed by atoms with Gasteiger partial charge in [-0.15, -0.1) is 0 Å². The molecular weight excluding hydrogens is 372 g/mol. The second-order valence-electron chi connectivity index (χ2n) is 6.71. The Balaban J connectivity index is 1.35. The fourth-order valence-electron chi connectivity index (χ4n) is 3.26. The van der Waals surface area contributed by atoms with Crippen LogP contribution in [0, 0.1) is 0 Å². The maximum atomic E-state index is 12.7. The monoisotopic (exact) mass is 396 g/mol. The first-order valence-corrected chi connectivity index (χ1v) is 10.5. The molecule has 0 atom stereocenters. The highest BCUT2D eigenvalue weighted by Crippen LogP contribution is 2.24. The first-order valence-electron chi connectivity index (χ1n) is 9.53. The summed E-state index contributed by atoms with van der Waals surface area (Å²) in [5.74, 6) is 0.668. The number of thioether (sulfide) groups is 1. The van der Waals surface area contributed by atoms with Crippen molar-refractivity contribution in [3.05, 3.63) is 59.7 Å². The second-order valence-corrected chi connectivity index (χ2v) is 7.68. The van der Waals surface area contributed by atoms with Crippen LogP contribution in [0.2, 0.25) is 0 Å². The van der Waals surface area contributed by atoms with Gasteiger partial charge in [-0.2, -0.15) is 0 Å². The Labute approximate surface area is 168 Å². The molecule has 0 aliphatic carbocycles. The van der Waals surface area contributed by atoms with E-state index in [2.05, 4.69) is 20.2 Å². The van der Waals surface area contributed by atoms with Crippen molar-refractivity contribution in [1.82, 2.24) is 20.2 Å². The second kappa shape index (κ2) is 9.23. The number of benzene rings is 2. The van der Waals surface area contributed by atoms with E-state index in [1.807, 2.05) is 48.5 Å². The number of nitrogens with one attached hydrogen (secondary N) is 2. The normalized spacial score (nSPS) is 15.0. The SMILES string of the molecule is O=C(NCCN1CCOCC1)c1ccccc1CSc1nc2ccccc2[nH]1. The number of nitrogens with zero attached hydrogens (tertiary/aromatic N) is 2. The molecule has 2 N–H and O–H groups in total. The molecular formula is C21H24N4O2S. The summed E-state index contributed by atoms with van der Waals surface area (Å²) in [6.45, 7) is 4.90. The van der Waals surface area contributed by atoms with Crippen molar-refractivity contribution in [2.75, 3.05) is 39.4 Å². The van der Waals surface area contributed by atoms with Gasteiger partial charge in [0.15, 0.2) is 5.16 Å². The minimum absolute atomic E-state index is 0.0194. The van der Waals surface area contributed by atoms with E-state index in [1.54, 1.807) is 11.8 Å². The third-order valence-corrected chi connectivity index (χ3v) is 5.73. The molecule has 0 unspecified atom stereocenters. The third-order valence-electron chi connectivity index (χ3n) is 4.81. The van der Waals surface area contributed by atoms with Gasteiger partial charge in [0.05, 0.1) is 24.2 Å². The molecule has 6 nitrogen and oxygen atoms in total. The number of H-pyrrole nitrogens is 1. The van der Waals surface area contributed by atoms with Gasteiger partial charge in [-0.05, 0) is 23.8 Å². The first kappa shape index (κ1) is 19.0. The van der Waals surface area contributed by atoms with Crippen LogP contribution in [0.15, 0.2) is 53.7 Å². The molecule has 3 aromatic rings. The number of para-hydroxylation sites is 2. The number of hydrogen-bond donors (Lipinski definition) is 2. The summed E-state index contributed by atoms with van der Waals surface area (Å²) in [4.78, 5) is 22.9. The van der Waals surface area contributed by atoms with Gasteiger partial charge in [-0.1, -0.05) is 42.1 Å². The number of imidazole rings is 1. The maximum absolute atomic E-state index is 12.7. The van der Waals surface area contributed by atoms with Crippen LogP contribution in [0.1, 0.15) is 15.9 Å². The predicted molar refractivity (Wildman–Crippen MR) is 112 cm³/mol. The van der Waals surface area contributed by atoms with Gasteiger partial charge >= 0.3 is 0 Å². The smallest absolute Gasteiger partial charge is 0.251 e. The topological polar surface area (TPSA) is 70.2 Å². The Morgan fingerprint density at radius 2 is 1.93 bits per heavy atom. The predicted octanol–water partition coefficient (Wildman–Crippen LogP) is 2.92. The van der Waals surface area contributed by atoms with E-state index >= 15 is 0 Å². The lowest BCUT2D eigenvalue weighted by Crippen LogP contribution is -2.41. The number of morpholine rings is 1. The van der Waals surface area contributed by atoms with Crippen molar-refractivity contribution in [3.8, 4) is 0 Å². The molecule has 1 aliphatic heterocycles. The largest absolute Gasteiger partial charge is 0.379 e. The fourth-order valence-corrected chi connectivity index (χ4v) is 4.15. The molecule has 7 heteroatoms. The van der Waals surface area contributed by atoms with E-state index in [0.717, 1.165) is 60.2 Å². The molecule has 1 amide bonds. The van der Waals surface area contributed by atoms with E-state index < -0.39 is 0 Å². The number of amides is 1. The van der Waals surface area contributed by atoms with Gasteiger partial charge in [0, 0.05) is 37.5 Å². The van der Waals surface area contributed by atoms with Crippen molar-refractivity contribution < 1.29 is 9.53 Å². The third kappa shape index (κ3) is 4.73. The Morgan fingerprint density at radius 3 is 2.79 bits per heavy atom. The van der Waals surface area contributed by atoms with Gasteiger partial charge in [0.25, 0.3) is 5.91 Å². The lowest BCUT2D eigenvalue weighted by atomic mass is 10.1. The van der Waals surface area contributed by atoms with E-state index in [-0.39, 0.29) is 5.91 Å². The van der Waals surface area contributed by atoms with Crippen LogP contribution in [0.5, 0.6) is 0 Å². The van der Waals surface area contributed by atoms with Gasteiger partial charge in [0.2, 0.25) is 0 Å². The number of ether oxygens (including phenoxy) is 1. The van der Waals surface area contributed by atoms with E-state index in [9.17, 15) is 4.79 Å². The summed E-state index contributed by atoms with van der Waals surface area (Å²) in [6.07, 6.45) is 0. The fraction of sp³-hybridized carbons (Fsp3) is 0.333. The zero-order chi connectivity index (χ0) is 19.2. The highest BCUT2D eigenvalue weighted by atomic mass is 32.2. The summed E-state index contributed by atoms with van der Waals surface area (Å²) in [5, 5.41) is 3.92. The molecule has 0 bridgehead atoms. The Morgan fingerprint density at radius 1 is 1.14 bits per heavy atom. The molecule has 28 heavy (non-hydrogen) atoms. The van der Waals surface area contributed by atoms with Gasteiger partial charge < -0.3 is 15.0 Å². The number of fused-ring (bicyclic) bond motifs is 1. The summed E-state index contributed by atoms with van der Waals surface area (Å²) >= 11 is 1.61. The van der Waals surface area contributed by atoms with Gasteiger partial charge in [-0.3, -0.25) is 9.69 Å². The molecule has 4 rings (SSSR count). The van der Waals surface area contributed by atoms with Crippen LogP contribution in [0.25, 0.3) is 11.0 Å². The van der Waals surface area contributed by atoms with Crippen molar-refractivity contribution in [3.63, 3.8) is 0 Å². The van der Waals surface area contributed by atoms with Crippen LogP contribution in [0.4, 0.5) is 0 Å². The molecule has 2 aromatic carbocycles. The zero-order valence-corrected chi connectivity index (χ0v) is 16.5. The van der Waals surface area contributed by atoms with Crippen molar-refractivity contribution in [1.29, 1.82) is 0 Å². The molecule has 2 heterocycles. The van der Waals surface area contributed by atoms with Crippen LogP contribution in [0.3, 0.4) is 0 Å². The number of aromatic nitrogens is 2. The average molecular weight is 397 g/mol. The molecule has 0 radical (unpaired) electrons. The molecule has 1 aromatic heterocycles. The van der Waals surface area contributed by atoms with E-state index in [1.165, 1.54) is 0 Å². The van der Waals surface area contributed by atoms with Crippen LogP contribution in [-0.2, 0) is 10.5 Å². The highest BCUT2D eigenvalue weighted by Gasteiger charge is 2.14. The minimum atomic E-state index is -0.0194. The van der Waals surface area contributed by atoms with Crippen molar-refractivity contribution in [2.45, 2.75) is 10.9 Å². The molecule has 0 spiro atoms. The minimum Gasteiger partial charge on any atom is -0.379 e. The summed E-state index contributed by atoms with van der Waals surface area (Å²) in [6, 6.07) is 15.8. The number of hydrogen-bond acceptors (Lipinski definition) is 5.